The minimum absolute atomic E-state index is 0.101. The van der Waals surface area contributed by atoms with Gasteiger partial charge in [0.2, 0.25) is 10.0 Å². The van der Waals surface area contributed by atoms with E-state index in [1.54, 1.807) is 20.8 Å². The summed E-state index contributed by atoms with van der Waals surface area (Å²) in [4.78, 5) is 2.34. The molecule has 1 aliphatic carbocycles. The second-order valence-electron chi connectivity index (χ2n) is 10.6. The highest BCUT2D eigenvalue weighted by molar-refractivity contribution is 7.90. The van der Waals surface area contributed by atoms with Gasteiger partial charge in [0.05, 0.1) is 4.75 Å². The van der Waals surface area contributed by atoms with Gasteiger partial charge in [0.25, 0.3) is 0 Å². The van der Waals surface area contributed by atoms with Crippen LogP contribution in [0.25, 0.3) is 0 Å². The number of rotatable bonds is 7. The second kappa shape index (κ2) is 10.1. The third-order valence-electron chi connectivity index (χ3n) is 6.57. The zero-order valence-corrected chi connectivity index (χ0v) is 20.7. The summed E-state index contributed by atoms with van der Waals surface area (Å²) >= 11 is 0. The van der Waals surface area contributed by atoms with Crippen molar-refractivity contribution in [2.24, 2.45) is 11.8 Å². The van der Waals surface area contributed by atoms with Crippen LogP contribution in [-0.2, 0) is 10.0 Å². The van der Waals surface area contributed by atoms with Crippen molar-refractivity contribution in [3.63, 3.8) is 0 Å². The molecule has 1 atom stereocenters. The van der Waals surface area contributed by atoms with Crippen LogP contribution in [0.3, 0.4) is 0 Å². The first kappa shape index (κ1) is 25.0. The molecule has 2 aliphatic rings. The van der Waals surface area contributed by atoms with Crippen LogP contribution in [-0.4, -0.2) is 44.0 Å². The first-order chi connectivity index (χ1) is 14.9. The number of hydrogen-bond donors (Lipinski definition) is 2. The second-order valence-corrected chi connectivity index (χ2v) is 13.1. The lowest BCUT2D eigenvalue weighted by atomic mass is 9.86. The predicted octanol–water partition coefficient (Wildman–Crippen LogP) is 4.49. The van der Waals surface area contributed by atoms with E-state index >= 15 is 0 Å². The maximum atomic E-state index is 12.7. The molecule has 1 aromatic rings. The Morgan fingerprint density at radius 1 is 1.16 bits per heavy atom. The molecule has 1 aliphatic heterocycles. The summed E-state index contributed by atoms with van der Waals surface area (Å²) in [6.45, 7) is 13.9. The number of hydroxylamine groups is 1. The monoisotopic (exact) mass is 463 g/mol. The Bertz CT molecular complexity index is 872. The molecule has 32 heavy (non-hydrogen) atoms. The van der Waals surface area contributed by atoms with Crippen molar-refractivity contribution in [3.8, 4) is 0 Å². The van der Waals surface area contributed by atoms with E-state index in [1.807, 2.05) is 12.1 Å². The van der Waals surface area contributed by atoms with Gasteiger partial charge < -0.3 is 15.5 Å². The van der Waals surface area contributed by atoms with Crippen molar-refractivity contribution in [1.82, 2.24) is 9.89 Å². The number of hydrazine groups is 1. The molecule has 2 N–H and O–H groups in total. The molecular formula is C24H39N4O3S-. The van der Waals surface area contributed by atoms with Gasteiger partial charge in [-0.25, -0.2) is 13.1 Å². The molecule has 0 amide bonds. The average molecular weight is 464 g/mol. The third kappa shape index (κ3) is 6.47. The van der Waals surface area contributed by atoms with E-state index in [-0.39, 0.29) is 12.0 Å². The number of hydrogen-bond acceptors (Lipinski definition) is 6. The highest BCUT2D eigenvalue weighted by Crippen LogP contribution is 2.29. The van der Waals surface area contributed by atoms with Gasteiger partial charge in [-0.2, -0.15) is 0 Å². The lowest BCUT2D eigenvalue weighted by molar-refractivity contribution is 0.211. The normalized spacial score (nSPS) is 25.2. The molecule has 3 rings (SSSR count). The largest absolute Gasteiger partial charge is 0.767 e. The Balaban J connectivity index is 1.46. The number of anilines is 2. The lowest BCUT2D eigenvalue weighted by Gasteiger charge is -2.41. The van der Waals surface area contributed by atoms with Gasteiger partial charge >= 0.3 is 0 Å². The molecule has 0 aromatic heterocycles. The van der Waals surface area contributed by atoms with Crippen molar-refractivity contribution in [1.29, 1.82) is 0 Å². The van der Waals surface area contributed by atoms with Crippen LogP contribution in [0, 0.1) is 17.0 Å². The van der Waals surface area contributed by atoms with Crippen molar-refractivity contribution >= 4 is 21.4 Å². The van der Waals surface area contributed by atoms with Crippen LogP contribution in [0.5, 0.6) is 0 Å². The van der Waals surface area contributed by atoms with Crippen LogP contribution in [0.1, 0.15) is 59.8 Å². The standard InChI is InChI=1S/C24H39N4O3S/c1-18-14-19(2)17-27(16-18)22-12-8-21(9-13-22)26-28(29)23-10-6-20(7-11-23)15-25-32(30,31)24(3,4)5/h8-9,12-13,19-20,23,25-26H,1,6-7,10-11,14-17H2,2-5H3/q-1/t19-,20?,23?/m1/s1. The summed E-state index contributed by atoms with van der Waals surface area (Å²) in [5, 5.41) is 13.6. The van der Waals surface area contributed by atoms with Gasteiger partial charge in [-0.15, -0.1) is 0 Å². The minimum Gasteiger partial charge on any atom is -0.767 e. The lowest BCUT2D eigenvalue weighted by Crippen LogP contribution is -2.43. The first-order valence-corrected chi connectivity index (χ1v) is 13.2. The Morgan fingerprint density at radius 3 is 2.34 bits per heavy atom. The van der Waals surface area contributed by atoms with Crippen LogP contribution in [0.4, 0.5) is 11.4 Å². The van der Waals surface area contributed by atoms with Crippen LogP contribution in [0.15, 0.2) is 36.4 Å². The maximum Gasteiger partial charge on any atom is 0.216 e. The molecule has 1 heterocycles. The molecule has 0 bridgehead atoms. The smallest absolute Gasteiger partial charge is 0.216 e. The van der Waals surface area contributed by atoms with Crippen LogP contribution >= 0.6 is 0 Å². The number of piperidine rings is 1. The fraction of sp³-hybridized carbons (Fsp3) is 0.667. The Kier molecular flexibility index (Phi) is 7.91. The van der Waals surface area contributed by atoms with Crippen molar-refractivity contribution < 1.29 is 8.42 Å². The highest BCUT2D eigenvalue weighted by atomic mass is 32.2. The summed E-state index contributed by atoms with van der Waals surface area (Å²) in [5.41, 5.74) is 6.18. The van der Waals surface area contributed by atoms with Gasteiger partial charge in [-0.05, 0) is 89.0 Å². The number of nitrogens with zero attached hydrogens (tertiary/aromatic N) is 2. The van der Waals surface area contributed by atoms with Gasteiger partial charge in [0, 0.05) is 37.1 Å². The molecule has 1 saturated carbocycles. The summed E-state index contributed by atoms with van der Waals surface area (Å²) in [7, 11) is -3.33. The molecule has 180 valence electrons. The number of nitrogens with one attached hydrogen (secondary N) is 2. The summed E-state index contributed by atoms with van der Waals surface area (Å²) in [5.74, 6) is 0.878. The number of sulfonamides is 1. The fourth-order valence-corrected chi connectivity index (χ4v) is 5.41. The van der Waals surface area contributed by atoms with Gasteiger partial charge in [-0.1, -0.05) is 19.1 Å². The first-order valence-electron chi connectivity index (χ1n) is 11.7. The molecule has 2 fully saturated rings. The highest BCUT2D eigenvalue weighted by Gasteiger charge is 2.30. The minimum atomic E-state index is -3.33. The predicted molar refractivity (Wildman–Crippen MR) is 133 cm³/mol. The molecule has 0 unspecified atom stereocenters. The summed E-state index contributed by atoms with van der Waals surface area (Å²) < 4.78 is 26.4. The topological polar surface area (TPSA) is 87.7 Å². The molecule has 1 saturated heterocycles. The fourth-order valence-electron chi connectivity index (χ4n) is 4.52. The van der Waals surface area contributed by atoms with Crippen LogP contribution in [0.2, 0.25) is 0 Å². The molecule has 1 aromatic carbocycles. The maximum absolute atomic E-state index is 12.7. The SMILES string of the molecule is C=C1C[C@@H](C)CN(c2ccc(NN([O-])C3CCC(CNS(=O)(=O)C(C)(C)C)CC3)cc2)C1. The van der Waals surface area contributed by atoms with E-state index in [4.69, 9.17) is 0 Å². The van der Waals surface area contributed by atoms with E-state index in [1.165, 1.54) is 5.57 Å². The molecule has 8 heteroatoms. The van der Waals surface area contributed by atoms with Crippen molar-refractivity contribution in [2.45, 2.75) is 70.6 Å². The van der Waals surface area contributed by atoms with Gasteiger partial charge in [0.15, 0.2) is 0 Å². The van der Waals surface area contributed by atoms with E-state index in [9.17, 15) is 13.6 Å². The molecule has 0 spiro atoms. The van der Waals surface area contributed by atoms with Gasteiger partial charge in [-0.3, -0.25) is 5.17 Å². The third-order valence-corrected chi connectivity index (χ3v) is 8.73. The zero-order chi connectivity index (χ0) is 23.5. The number of benzene rings is 1. The summed E-state index contributed by atoms with van der Waals surface area (Å²) in [6.07, 6.45) is 4.28. The Morgan fingerprint density at radius 2 is 1.78 bits per heavy atom. The zero-order valence-electron chi connectivity index (χ0n) is 19.9. The Hall–Kier alpha value is -1.61. The molecule has 0 radical (unpaired) electrons. The molecular weight excluding hydrogens is 424 g/mol. The van der Waals surface area contributed by atoms with E-state index in [2.05, 4.69) is 40.7 Å². The quantitative estimate of drug-likeness (QED) is 0.457. The van der Waals surface area contributed by atoms with E-state index in [0.717, 1.165) is 61.7 Å². The summed E-state index contributed by atoms with van der Waals surface area (Å²) in [6, 6.07) is 7.92. The van der Waals surface area contributed by atoms with Gasteiger partial charge in [0.1, 0.15) is 0 Å². The molecule has 7 nitrogen and oxygen atoms in total. The van der Waals surface area contributed by atoms with Crippen molar-refractivity contribution in [3.05, 3.63) is 41.6 Å². The van der Waals surface area contributed by atoms with E-state index < -0.39 is 14.8 Å². The van der Waals surface area contributed by atoms with E-state index in [0.29, 0.717) is 12.5 Å². The Labute approximate surface area is 193 Å². The van der Waals surface area contributed by atoms with Crippen molar-refractivity contribution in [2.75, 3.05) is 30.0 Å². The average Bonchev–Trinajstić information content (AvgIpc) is 2.71. The van der Waals surface area contributed by atoms with Crippen LogP contribution < -0.4 is 15.0 Å².